The van der Waals surface area contributed by atoms with Gasteiger partial charge in [0.05, 0.1) is 0 Å². The third-order valence-corrected chi connectivity index (χ3v) is 4.46. The van der Waals surface area contributed by atoms with E-state index in [4.69, 9.17) is 0 Å². The molecule has 1 aliphatic rings. The number of urea groups is 1. The van der Waals surface area contributed by atoms with Crippen LogP contribution in [0.4, 0.5) is 23.7 Å². The van der Waals surface area contributed by atoms with Crippen molar-refractivity contribution in [3.63, 3.8) is 0 Å². The van der Waals surface area contributed by atoms with Gasteiger partial charge in [-0.1, -0.05) is 6.07 Å². The molecule has 2 N–H and O–H groups in total. The minimum atomic E-state index is -1.57. The van der Waals surface area contributed by atoms with Crippen molar-refractivity contribution in [2.75, 3.05) is 11.9 Å². The van der Waals surface area contributed by atoms with Gasteiger partial charge < -0.3 is 10.6 Å². The van der Waals surface area contributed by atoms with Crippen LogP contribution in [0.3, 0.4) is 0 Å². The van der Waals surface area contributed by atoms with Gasteiger partial charge >= 0.3 is 6.03 Å². The number of rotatable bonds is 5. The van der Waals surface area contributed by atoms with Gasteiger partial charge in [0.2, 0.25) is 5.91 Å². The second-order valence-electron chi connectivity index (χ2n) is 6.45. The second kappa shape index (κ2) is 7.34. The van der Waals surface area contributed by atoms with Gasteiger partial charge in [-0.25, -0.2) is 18.0 Å². The summed E-state index contributed by atoms with van der Waals surface area (Å²) in [5.74, 6) is -3.82. The van der Waals surface area contributed by atoms with Gasteiger partial charge in [-0.2, -0.15) is 0 Å². The first-order valence-electron chi connectivity index (χ1n) is 8.36. The minimum Gasteiger partial charge on any atom is -0.326 e. The fraction of sp³-hybridized carbons (Fsp3) is 0.211. The number of halogens is 3. The Kier molecular flexibility index (Phi) is 5.08. The molecule has 146 valence electrons. The Morgan fingerprint density at radius 1 is 1.07 bits per heavy atom. The van der Waals surface area contributed by atoms with E-state index in [0.29, 0.717) is 5.69 Å². The number of hydrogen-bond donors (Lipinski definition) is 2. The zero-order valence-electron chi connectivity index (χ0n) is 14.8. The Morgan fingerprint density at radius 3 is 2.39 bits per heavy atom. The van der Waals surface area contributed by atoms with Gasteiger partial charge in [-0.3, -0.25) is 14.5 Å². The maximum atomic E-state index is 13.5. The first kappa shape index (κ1) is 19.4. The summed E-state index contributed by atoms with van der Waals surface area (Å²) in [6, 6.07) is 7.29. The number of nitrogens with zero attached hydrogens (tertiary/aromatic N) is 1. The zero-order valence-corrected chi connectivity index (χ0v) is 14.8. The van der Waals surface area contributed by atoms with Crippen molar-refractivity contribution >= 4 is 23.5 Å². The van der Waals surface area contributed by atoms with Crippen LogP contribution in [-0.4, -0.2) is 29.3 Å². The molecule has 0 aromatic heterocycles. The van der Waals surface area contributed by atoms with Gasteiger partial charge in [-0.15, -0.1) is 0 Å². The fourth-order valence-corrected chi connectivity index (χ4v) is 2.87. The summed E-state index contributed by atoms with van der Waals surface area (Å²) in [6.07, 6.45) is -0.190. The second-order valence-corrected chi connectivity index (χ2v) is 6.45. The third-order valence-electron chi connectivity index (χ3n) is 4.46. The monoisotopic (exact) mass is 391 g/mol. The first-order valence-corrected chi connectivity index (χ1v) is 8.36. The summed E-state index contributed by atoms with van der Waals surface area (Å²) in [5.41, 5.74) is -1.11. The van der Waals surface area contributed by atoms with Gasteiger partial charge in [0.1, 0.15) is 11.4 Å². The van der Waals surface area contributed by atoms with Crippen molar-refractivity contribution in [3.05, 3.63) is 65.5 Å². The maximum Gasteiger partial charge on any atom is 0.325 e. The molecule has 1 saturated heterocycles. The zero-order chi connectivity index (χ0) is 20.5. The van der Waals surface area contributed by atoms with Crippen molar-refractivity contribution in [2.45, 2.75) is 18.9 Å². The van der Waals surface area contributed by atoms with Crippen LogP contribution in [-0.2, 0) is 15.1 Å². The molecular formula is C19H16F3N3O3. The Balaban J connectivity index is 1.67. The Morgan fingerprint density at radius 2 is 1.75 bits per heavy atom. The quantitative estimate of drug-likeness (QED) is 0.770. The van der Waals surface area contributed by atoms with Crippen LogP contribution >= 0.6 is 0 Å². The van der Waals surface area contributed by atoms with Gasteiger partial charge in [0.15, 0.2) is 11.6 Å². The maximum absolute atomic E-state index is 13.5. The Bertz CT molecular complexity index is 949. The highest BCUT2D eigenvalue weighted by atomic mass is 19.2. The van der Waals surface area contributed by atoms with Crippen LogP contribution < -0.4 is 10.6 Å². The molecule has 0 radical (unpaired) electrons. The lowest BCUT2D eigenvalue weighted by molar-refractivity contribution is -0.131. The van der Waals surface area contributed by atoms with Gasteiger partial charge in [-0.05, 0) is 48.9 Å². The molecule has 9 heteroatoms. The van der Waals surface area contributed by atoms with Crippen LogP contribution in [0, 0.1) is 17.5 Å². The molecule has 4 amide bonds. The first-order chi connectivity index (χ1) is 13.2. The average molecular weight is 391 g/mol. The summed E-state index contributed by atoms with van der Waals surface area (Å²) in [5, 5.41) is 4.97. The largest absolute Gasteiger partial charge is 0.326 e. The van der Waals surface area contributed by atoms with E-state index in [1.54, 1.807) is 0 Å². The van der Waals surface area contributed by atoms with Crippen LogP contribution in [0.15, 0.2) is 42.5 Å². The fourth-order valence-electron chi connectivity index (χ4n) is 2.87. The molecule has 1 fully saturated rings. The Labute approximate surface area is 158 Å². The van der Waals surface area contributed by atoms with E-state index >= 15 is 0 Å². The Hall–Kier alpha value is -3.36. The minimum absolute atomic E-state index is 0.0861. The molecule has 1 aliphatic heterocycles. The third kappa shape index (κ3) is 3.68. The number of carbonyl (C=O) groups excluding carboxylic acids is 3. The molecule has 0 spiro atoms. The number of carbonyl (C=O) groups is 3. The highest BCUT2D eigenvalue weighted by Crippen LogP contribution is 2.29. The number of imide groups is 1. The molecule has 1 heterocycles. The van der Waals surface area contributed by atoms with Gasteiger partial charge in [0.25, 0.3) is 5.91 Å². The molecule has 1 atom stereocenters. The van der Waals surface area contributed by atoms with E-state index in [1.165, 1.54) is 37.3 Å². The molecule has 0 bridgehead atoms. The normalized spacial score (nSPS) is 18.9. The predicted octanol–water partition coefficient (Wildman–Crippen LogP) is 2.90. The van der Waals surface area contributed by atoms with Crippen molar-refractivity contribution < 1.29 is 27.6 Å². The van der Waals surface area contributed by atoms with Crippen molar-refractivity contribution in [3.8, 4) is 0 Å². The molecule has 0 aliphatic carbocycles. The summed E-state index contributed by atoms with van der Waals surface area (Å²) in [4.78, 5) is 37.7. The summed E-state index contributed by atoms with van der Waals surface area (Å²) < 4.78 is 39.5. The van der Waals surface area contributed by atoms with Crippen LogP contribution in [0.1, 0.15) is 18.9 Å². The van der Waals surface area contributed by atoms with Crippen LogP contribution in [0.25, 0.3) is 0 Å². The smallest absolute Gasteiger partial charge is 0.325 e. The van der Waals surface area contributed by atoms with Crippen molar-refractivity contribution in [2.24, 2.45) is 0 Å². The standard InChI is InChI=1S/C19H16F3N3O3/c1-19(11-2-7-14(21)15(22)10-11)17(27)25(18(28)24-19)9-8-16(26)23-13-5-3-12(20)4-6-13/h2-7,10H,8-9H2,1H3,(H,23,26)(H,24,28)/t19-/m0/s1. The number of anilines is 1. The number of hydrogen-bond acceptors (Lipinski definition) is 3. The van der Waals surface area contributed by atoms with E-state index in [1.807, 2.05) is 0 Å². The molecule has 0 unspecified atom stereocenters. The predicted molar refractivity (Wildman–Crippen MR) is 93.6 cm³/mol. The SMILES string of the molecule is C[C@@]1(c2ccc(F)c(F)c2)NC(=O)N(CCC(=O)Nc2ccc(F)cc2)C1=O. The van der Waals surface area contributed by atoms with Gasteiger partial charge in [0, 0.05) is 18.7 Å². The molecular weight excluding hydrogens is 375 g/mol. The highest BCUT2D eigenvalue weighted by molar-refractivity contribution is 6.07. The van der Waals surface area contributed by atoms with E-state index in [0.717, 1.165) is 17.0 Å². The lowest BCUT2D eigenvalue weighted by atomic mass is 9.92. The van der Waals surface area contributed by atoms with Crippen molar-refractivity contribution in [1.29, 1.82) is 0 Å². The number of amides is 4. The summed E-state index contributed by atoms with van der Waals surface area (Å²) in [6.45, 7) is 1.16. The van der Waals surface area contributed by atoms with Crippen LogP contribution in [0.5, 0.6) is 0 Å². The lowest BCUT2D eigenvalue weighted by Gasteiger charge is -2.22. The molecule has 6 nitrogen and oxygen atoms in total. The highest BCUT2D eigenvalue weighted by Gasteiger charge is 2.49. The van der Waals surface area contributed by atoms with E-state index < -0.39 is 40.8 Å². The number of nitrogens with one attached hydrogen (secondary N) is 2. The van der Waals surface area contributed by atoms with E-state index in [-0.39, 0.29) is 18.5 Å². The molecule has 2 aromatic rings. The van der Waals surface area contributed by atoms with E-state index in [2.05, 4.69) is 10.6 Å². The van der Waals surface area contributed by atoms with E-state index in [9.17, 15) is 27.6 Å². The molecule has 2 aromatic carbocycles. The summed E-state index contributed by atoms with van der Waals surface area (Å²) in [7, 11) is 0. The molecule has 3 rings (SSSR count). The number of benzene rings is 2. The lowest BCUT2D eigenvalue weighted by Crippen LogP contribution is -2.41. The summed E-state index contributed by atoms with van der Waals surface area (Å²) >= 11 is 0. The van der Waals surface area contributed by atoms with Crippen molar-refractivity contribution in [1.82, 2.24) is 10.2 Å². The average Bonchev–Trinajstić information content (AvgIpc) is 2.87. The van der Waals surface area contributed by atoms with Crippen LogP contribution in [0.2, 0.25) is 0 Å². The molecule has 28 heavy (non-hydrogen) atoms. The molecule has 0 saturated carbocycles. The topological polar surface area (TPSA) is 78.5 Å².